The summed E-state index contributed by atoms with van der Waals surface area (Å²) in [5.74, 6) is -2.67. The first-order chi connectivity index (χ1) is 14.0. The third-order valence-corrected chi connectivity index (χ3v) is 4.49. The number of halogens is 1. The zero-order valence-electron chi connectivity index (χ0n) is 15.8. The maximum atomic E-state index is 13.2. The quantitative estimate of drug-likeness (QED) is 0.221. The van der Waals surface area contributed by atoms with Crippen LogP contribution in [0.2, 0.25) is 0 Å². The van der Waals surface area contributed by atoms with Crippen LogP contribution in [0.4, 0.5) is 4.39 Å². The summed E-state index contributed by atoms with van der Waals surface area (Å²) in [4.78, 5) is 48.5. The van der Waals surface area contributed by atoms with E-state index in [1.165, 1.54) is 6.92 Å². The van der Waals surface area contributed by atoms with Crippen molar-refractivity contribution in [3.05, 3.63) is 32.9 Å². The van der Waals surface area contributed by atoms with Gasteiger partial charge in [0.2, 0.25) is 17.6 Å². The van der Waals surface area contributed by atoms with Crippen LogP contribution in [0.15, 0.2) is 15.8 Å². The van der Waals surface area contributed by atoms with Crippen molar-refractivity contribution in [3.63, 3.8) is 0 Å². The van der Waals surface area contributed by atoms with Crippen LogP contribution in [0.5, 0.6) is 0 Å². The molecular weight excluding hydrogens is 411 g/mol. The first kappa shape index (κ1) is 23.6. The van der Waals surface area contributed by atoms with Crippen LogP contribution in [0.3, 0.4) is 0 Å². The summed E-state index contributed by atoms with van der Waals surface area (Å²) in [6, 6.07) is -1.13. The fourth-order valence-corrected chi connectivity index (χ4v) is 2.74. The smallest absolute Gasteiger partial charge is 0.328 e. The lowest BCUT2D eigenvalue weighted by molar-refractivity contribution is -0.236. The maximum absolute atomic E-state index is 13.2. The normalized spacial score (nSPS) is 27.3. The third-order valence-electron chi connectivity index (χ3n) is 4.49. The fraction of sp³-hybridized carbons (Fsp3) is 0.625. The van der Waals surface area contributed by atoms with Crippen LogP contribution in [-0.2, 0) is 20.9 Å². The summed E-state index contributed by atoms with van der Waals surface area (Å²) in [5.41, 5.74) is -2.08. The Morgan fingerprint density at radius 3 is 2.57 bits per heavy atom. The van der Waals surface area contributed by atoms with Crippen LogP contribution >= 0.6 is 0 Å². The number of nitrogens with one attached hydrogen (secondary N) is 3. The topological polar surface area (TPSA) is 203 Å². The Balaban J connectivity index is 1.89. The Bertz CT molecular complexity index is 886. The lowest BCUT2D eigenvalue weighted by Gasteiger charge is -2.40. The van der Waals surface area contributed by atoms with Crippen molar-refractivity contribution in [2.24, 2.45) is 0 Å². The first-order valence-electron chi connectivity index (χ1n) is 8.94. The van der Waals surface area contributed by atoms with Gasteiger partial charge in [0.15, 0.2) is 6.23 Å². The number of aliphatic hydroxyl groups is 4. The van der Waals surface area contributed by atoms with Gasteiger partial charge in [0.25, 0.3) is 5.56 Å². The zero-order chi connectivity index (χ0) is 22.6. The summed E-state index contributed by atoms with van der Waals surface area (Å²) in [6.45, 7) is 0.372. The highest BCUT2D eigenvalue weighted by atomic mass is 19.1. The Morgan fingerprint density at radius 1 is 1.27 bits per heavy atom. The second-order valence-electron chi connectivity index (χ2n) is 6.73. The minimum Gasteiger partial charge on any atom is -0.394 e. The van der Waals surface area contributed by atoms with Gasteiger partial charge < -0.3 is 35.8 Å². The maximum Gasteiger partial charge on any atom is 0.328 e. The predicted octanol–water partition coefficient (Wildman–Crippen LogP) is -4.51. The number of hydrogen-bond donors (Lipinski definition) is 7. The van der Waals surface area contributed by atoms with Crippen LogP contribution in [0, 0.1) is 5.82 Å². The monoisotopic (exact) mass is 434 g/mol. The molecule has 0 aromatic carbocycles. The van der Waals surface area contributed by atoms with Gasteiger partial charge >= 0.3 is 5.69 Å². The van der Waals surface area contributed by atoms with Gasteiger partial charge in [-0.1, -0.05) is 0 Å². The summed E-state index contributed by atoms with van der Waals surface area (Å²) in [5, 5.41) is 43.0. The van der Waals surface area contributed by atoms with Crippen molar-refractivity contribution >= 4 is 11.8 Å². The Kier molecular flexibility index (Phi) is 7.80. The van der Waals surface area contributed by atoms with Gasteiger partial charge in [0.05, 0.1) is 12.8 Å². The summed E-state index contributed by atoms with van der Waals surface area (Å²) in [7, 11) is 0. The van der Waals surface area contributed by atoms with E-state index in [1.54, 1.807) is 4.98 Å². The van der Waals surface area contributed by atoms with Crippen molar-refractivity contribution in [3.8, 4) is 0 Å². The highest BCUT2D eigenvalue weighted by molar-refractivity contribution is 5.87. The van der Waals surface area contributed by atoms with E-state index < -0.39 is 72.2 Å². The SMILES string of the molecule is C[C@H](NC(=O)CCn1cc(F)c(=O)[nH]c1=O)C(=O)N[C@@H]1O[C@H](CO)[C@H](O)[C@H](O)[C@H]1O. The van der Waals surface area contributed by atoms with E-state index >= 15 is 0 Å². The number of aromatic nitrogens is 2. The highest BCUT2D eigenvalue weighted by Gasteiger charge is 2.44. The van der Waals surface area contributed by atoms with Gasteiger partial charge in [-0.15, -0.1) is 0 Å². The lowest BCUT2D eigenvalue weighted by Crippen LogP contribution is -2.64. The number of nitrogens with zero attached hydrogens (tertiary/aromatic N) is 1. The van der Waals surface area contributed by atoms with Crippen molar-refractivity contribution in [1.29, 1.82) is 0 Å². The van der Waals surface area contributed by atoms with Gasteiger partial charge in [-0.25, -0.2) is 4.79 Å². The molecule has 168 valence electrons. The van der Waals surface area contributed by atoms with E-state index in [1.807, 2.05) is 0 Å². The predicted molar refractivity (Wildman–Crippen MR) is 95.4 cm³/mol. The van der Waals surface area contributed by atoms with Crippen molar-refractivity contribution in [2.75, 3.05) is 6.61 Å². The number of amides is 2. The molecule has 2 amide bonds. The summed E-state index contributed by atoms with van der Waals surface area (Å²) >= 11 is 0. The van der Waals surface area contributed by atoms with Crippen LogP contribution < -0.4 is 21.9 Å². The van der Waals surface area contributed by atoms with Gasteiger partial charge in [-0.2, -0.15) is 4.39 Å². The number of carbonyl (C=O) groups excluding carboxylic acids is 2. The molecule has 1 aromatic heterocycles. The van der Waals surface area contributed by atoms with Gasteiger partial charge in [0, 0.05) is 13.0 Å². The molecular formula is C16H23FN4O9. The number of carbonyl (C=O) groups is 2. The number of H-pyrrole nitrogens is 1. The number of ether oxygens (including phenoxy) is 1. The number of hydrogen-bond acceptors (Lipinski definition) is 9. The molecule has 7 N–H and O–H groups in total. The second kappa shape index (κ2) is 9.90. The molecule has 0 bridgehead atoms. The molecule has 0 unspecified atom stereocenters. The number of aliphatic hydroxyl groups excluding tert-OH is 4. The van der Waals surface area contributed by atoms with Crippen molar-refractivity contribution in [2.45, 2.75) is 56.6 Å². The molecule has 1 fully saturated rings. The molecule has 0 spiro atoms. The Hall–Kier alpha value is -2.65. The minimum absolute atomic E-state index is 0.264. The van der Waals surface area contributed by atoms with E-state index in [0.29, 0.717) is 6.20 Å². The molecule has 14 heteroatoms. The molecule has 1 aromatic rings. The molecule has 1 aliphatic heterocycles. The van der Waals surface area contributed by atoms with E-state index in [0.717, 1.165) is 4.57 Å². The molecule has 6 atom stereocenters. The van der Waals surface area contributed by atoms with Gasteiger partial charge in [0.1, 0.15) is 30.5 Å². The minimum atomic E-state index is -1.68. The second-order valence-corrected chi connectivity index (χ2v) is 6.73. The zero-order valence-corrected chi connectivity index (χ0v) is 15.8. The number of rotatable bonds is 7. The van der Waals surface area contributed by atoms with Gasteiger partial charge in [-0.05, 0) is 6.92 Å². The Labute approximate surface area is 168 Å². The average molecular weight is 434 g/mol. The highest BCUT2D eigenvalue weighted by Crippen LogP contribution is 2.19. The fourth-order valence-electron chi connectivity index (χ4n) is 2.74. The standard InChI is InChI=1S/C16H23FN4O9/c1-6(13(27)19-15-12(26)11(25)10(24)8(5-22)30-15)18-9(23)2-3-21-4-7(17)14(28)20-16(21)29/h4,6,8,10-12,15,22,24-26H,2-3,5H2,1H3,(H,18,23)(H,19,27)(H,20,28,29)/t6-,8+,10-,11-,12+,15+/m0/s1. The van der Waals surface area contributed by atoms with Crippen LogP contribution in [-0.4, -0.2) is 85.1 Å². The Morgan fingerprint density at radius 2 is 1.93 bits per heavy atom. The van der Waals surface area contributed by atoms with E-state index in [4.69, 9.17) is 9.84 Å². The number of aryl methyl sites for hydroxylation is 1. The molecule has 13 nitrogen and oxygen atoms in total. The largest absolute Gasteiger partial charge is 0.394 e. The van der Waals surface area contributed by atoms with E-state index in [2.05, 4.69) is 10.6 Å². The van der Waals surface area contributed by atoms with Crippen LogP contribution in [0.25, 0.3) is 0 Å². The molecule has 30 heavy (non-hydrogen) atoms. The van der Waals surface area contributed by atoms with E-state index in [9.17, 15) is 38.9 Å². The van der Waals surface area contributed by atoms with E-state index in [-0.39, 0.29) is 13.0 Å². The third kappa shape index (κ3) is 5.48. The first-order valence-corrected chi connectivity index (χ1v) is 8.94. The molecule has 1 saturated heterocycles. The lowest BCUT2D eigenvalue weighted by atomic mass is 9.98. The van der Waals surface area contributed by atoms with Crippen molar-refractivity contribution in [1.82, 2.24) is 20.2 Å². The molecule has 0 aliphatic carbocycles. The molecule has 2 heterocycles. The van der Waals surface area contributed by atoms with Crippen LogP contribution in [0.1, 0.15) is 13.3 Å². The van der Waals surface area contributed by atoms with Crippen molar-refractivity contribution < 1.29 is 39.1 Å². The summed E-state index contributed by atoms with van der Waals surface area (Å²) in [6.07, 6.45) is -7.27. The average Bonchev–Trinajstić information content (AvgIpc) is 2.69. The molecule has 0 saturated carbocycles. The molecule has 2 rings (SSSR count). The number of aromatic amines is 1. The summed E-state index contributed by atoms with van der Waals surface area (Å²) < 4.78 is 19.1. The molecule has 0 radical (unpaired) electrons. The van der Waals surface area contributed by atoms with Gasteiger partial charge in [-0.3, -0.25) is 23.9 Å². The molecule has 1 aliphatic rings.